The zero-order valence-corrected chi connectivity index (χ0v) is 17.9. The molecule has 5 nitrogen and oxygen atoms in total. The van der Waals surface area contributed by atoms with Crippen LogP contribution in [-0.4, -0.2) is 12.0 Å². The molecule has 1 amide bonds. The number of carbonyl (C=O) groups excluding carboxylic acids is 1. The van der Waals surface area contributed by atoms with Crippen molar-refractivity contribution in [1.29, 1.82) is 0 Å². The molecule has 1 aromatic heterocycles. The summed E-state index contributed by atoms with van der Waals surface area (Å²) in [6.07, 6.45) is -0.974. The van der Waals surface area contributed by atoms with Crippen LogP contribution in [-0.2, 0) is 4.79 Å². The number of benzene rings is 3. The van der Waals surface area contributed by atoms with E-state index in [-0.39, 0.29) is 32.5 Å². The Morgan fingerprint density at radius 2 is 1.65 bits per heavy atom. The molecular formula is C24H17Cl2NO4. The van der Waals surface area contributed by atoms with Gasteiger partial charge in [-0.2, -0.15) is 0 Å². The highest BCUT2D eigenvalue weighted by Gasteiger charge is 2.24. The van der Waals surface area contributed by atoms with Crippen molar-refractivity contribution < 1.29 is 13.9 Å². The lowest BCUT2D eigenvalue weighted by Gasteiger charge is -2.17. The van der Waals surface area contributed by atoms with Crippen molar-refractivity contribution >= 4 is 45.8 Å². The maximum Gasteiger partial charge on any atom is 0.265 e. The van der Waals surface area contributed by atoms with Crippen LogP contribution in [0.3, 0.4) is 0 Å². The van der Waals surface area contributed by atoms with Gasteiger partial charge in [0.15, 0.2) is 17.4 Å². The quantitative estimate of drug-likeness (QED) is 0.392. The molecule has 0 fully saturated rings. The fourth-order valence-electron chi connectivity index (χ4n) is 3.09. The Bertz CT molecular complexity index is 1300. The summed E-state index contributed by atoms with van der Waals surface area (Å²) in [5.41, 5.74) is 0.959. The van der Waals surface area contributed by atoms with Crippen LogP contribution in [0.4, 0.5) is 5.69 Å². The third-order valence-corrected chi connectivity index (χ3v) is 5.11. The topological polar surface area (TPSA) is 68.5 Å². The molecule has 1 atom stereocenters. The maximum absolute atomic E-state index is 13.3. The molecule has 0 bridgehead atoms. The zero-order chi connectivity index (χ0) is 22.0. The highest BCUT2D eigenvalue weighted by atomic mass is 35.5. The SMILES string of the molecule is CC(Oc1c(-c2ccccc2)oc2c(Cl)cc(Cl)cc2c1=O)C(=O)Nc1ccccc1. The molecule has 31 heavy (non-hydrogen) atoms. The van der Waals surface area contributed by atoms with Crippen LogP contribution in [0.2, 0.25) is 10.0 Å². The normalized spacial score (nSPS) is 11.8. The number of fused-ring (bicyclic) bond motifs is 1. The van der Waals surface area contributed by atoms with Crippen LogP contribution in [0.1, 0.15) is 6.92 Å². The molecule has 1 heterocycles. The predicted octanol–water partition coefficient (Wildman–Crippen LogP) is 6.17. The number of ether oxygens (including phenoxy) is 1. The van der Waals surface area contributed by atoms with Gasteiger partial charge in [0.1, 0.15) is 0 Å². The van der Waals surface area contributed by atoms with Crippen molar-refractivity contribution in [1.82, 2.24) is 0 Å². The molecular weight excluding hydrogens is 437 g/mol. The molecule has 0 saturated carbocycles. The van der Waals surface area contributed by atoms with E-state index in [0.29, 0.717) is 11.3 Å². The number of carbonyl (C=O) groups is 1. The minimum atomic E-state index is -0.974. The monoisotopic (exact) mass is 453 g/mol. The number of hydrogen-bond donors (Lipinski definition) is 1. The zero-order valence-electron chi connectivity index (χ0n) is 16.4. The van der Waals surface area contributed by atoms with Crippen LogP contribution in [0, 0.1) is 0 Å². The summed E-state index contributed by atoms with van der Waals surface area (Å²) in [5.74, 6) is -0.316. The van der Waals surface area contributed by atoms with Gasteiger partial charge < -0.3 is 14.5 Å². The lowest BCUT2D eigenvalue weighted by atomic mass is 10.1. The van der Waals surface area contributed by atoms with Gasteiger partial charge in [0.05, 0.1) is 10.4 Å². The van der Waals surface area contributed by atoms with Gasteiger partial charge in [-0.15, -0.1) is 0 Å². The lowest BCUT2D eigenvalue weighted by molar-refractivity contribution is -0.122. The maximum atomic E-state index is 13.3. The Morgan fingerprint density at radius 3 is 2.32 bits per heavy atom. The first-order valence-corrected chi connectivity index (χ1v) is 10.2. The molecule has 4 aromatic rings. The Morgan fingerprint density at radius 1 is 1.00 bits per heavy atom. The summed E-state index contributed by atoms with van der Waals surface area (Å²) in [6, 6.07) is 20.9. The number of rotatable bonds is 5. The molecule has 156 valence electrons. The number of para-hydroxylation sites is 1. The molecule has 0 saturated heterocycles. The standard InChI is InChI=1S/C24H17Cl2NO4/c1-14(24(29)27-17-10-6-3-7-11-17)30-23-20(28)18-12-16(25)13-19(26)22(18)31-21(23)15-8-4-2-5-9-15/h2-14H,1H3,(H,27,29). The van der Waals surface area contributed by atoms with E-state index in [0.717, 1.165) is 0 Å². The first-order chi connectivity index (χ1) is 14.9. The van der Waals surface area contributed by atoms with Gasteiger partial charge in [0.25, 0.3) is 5.91 Å². The lowest BCUT2D eigenvalue weighted by Crippen LogP contribution is -2.31. The van der Waals surface area contributed by atoms with Crippen LogP contribution in [0.5, 0.6) is 5.75 Å². The Labute approximate surface area is 188 Å². The molecule has 0 aliphatic carbocycles. The van der Waals surface area contributed by atoms with Gasteiger partial charge in [-0.3, -0.25) is 9.59 Å². The van der Waals surface area contributed by atoms with Crippen LogP contribution < -0.4 is 15.5 Å². The van der Waals surface area contributed by atoms with Crippen molar-refractivity contribution in [2.24, 2.45) is 0 Å². The van der Waals surface area contributed by atoms with E-state index in [4.69, 9.17) is 32.4 Å². The average Bonchev–Trinajstić information content (AvgIpc) is 2.77. The number of halogens is 2. The summed E-state index contributed by atoms with van der Waals surface area (Å²) >= 11 is 12.4. The molecule has 0 aliphatic heterocycles. The Balaban J connectivity index is 1.79. The van der Waals surface area contributed by atoms with E-state index >= 15 is 0 Å². The van der Waals surface area contributed by atoms with Gasteiger partial charge in [0.2, 0.25) is 11.2 Å². The van der Waals surface area contributed by atoms with Gasteiger partial charge in [0, 0.05) is 16.3 Å². The highest BCUT2D eigenvalue weighted by Crippen LogP contribution is 2.35. The van der Waals surface area contributed by atoms with Crippen molar-refractivity contribution in [3.8, 4) is 17.1 Å². The number of nitrogens with one attached hydrogen (secondary N) is 1. The fraction of sp³-hybridized carbons (Fsp3) is 0.0833. The summed E-state index contributed by atoms with van der Waals surface area (Å²) in [7, 11) is 0. The third kappa shape index (κ3) is 4.43. The second-order valence-electron chi connectivity index (χ2n) is 6.84. The minimum Gasteiger partial charge on any atom is -0.473 e. The van der Waals surface area contributed by atoms with Crippen LogP contribution >= 0.6 is 23.2 Å². The summed E-state index contributed by atoms with van der Waals surface area (Å²) in [4.78, 5) is 25.9. The molecule has 0 aliphatic rings. The second-order valence-corrected chi connectivity index (χ2v) is 7.68. The van der Waals surface area contributed by atoms with Gasteiger partial charge >= 0.3 is 0 Å². The number of anilines is 1. The smallest absolute Gasteiger partial charge is 0.265 e. The van der Waals surface area contributed by atoms with E-state index in [9.17, 15) is 9.59 Å². The Hall–Kier alpha value is -3.28. The summed E-state index contributed by atoms with van der Waals surface area (Å²) in [6.45, 7) is 1.56. The van der Waals surface area contributed by atoms with Crippen molar-refractivity contribution in [3.05, 3.63) is 93.1 Å². The minimum absolute atomic E-state index is 0.0901. The van der Waals surface area contributed by atoms with Crippen molar-refractivity contribution in [2.75, 3.05) is 5.32 Å². The van der Waals surface area contributed by atoms with Gasteiger partial charge in [-0.25, -0.2) is 0 Å². The number of hydrogen-bond acceptors (Lipinski definition) is 4. The Kier molecular flexibility index (Phi) is 5.98. The average molecular weight is 454 g/mol. The van der Waals surface area contributed by atoms with E-state index in [2.05, 4.69) is 5.32 Å². The van der Waals surface area contributed by atoms with Crippen LogP contribution in [0.25, 0.3) is 22.3 Å². The van der Waals surface area contributed by atoms with Gasteiger partial charge in [-0.1, -0.05) is 71.7 Å². The first kappa shape index (κ1) is 21.0. The summed E-state index contributed by atoms with van der Waals surface area (Å²) in [5, 5.41) is 3.42. The van der Waals surface area contributed by atoms with E-state index < -0.39 is 17.4 Å². The molecule has 0 spiro atoms. The predicted molar refractivity (Wildman–Crippen MR) is 123 cm³/mol. The van der Waals surface area contributed by atoms with Gasteiger partial charge in [-0.05, 0) is 31.2 Å². The van der Waals surface area contributed by atoms with E-state index in [1.54, 1.807) is 55.5 Å². The van der Waals surface area contributed by atoms with Crippen LogP contribution in [0.15, 0.2) is 82.0 Å². The molecule has 1 unspecified atom stereocenters. The van der Waals surface area contributed by atoms with Crippen molar-refractivity contribution in [3.63, 3.8) is 0 Å². The first-order valence-electron chi connectivity index (χ1n) is 9.48. The largest absolute Gasteiger partial charge is 0.473 e. The molecule has 4 rings (SSSR count). The third-order valence-electron chi connectivity index (χ3n) is 4.61. The van der Waals surface area contributed by atoms with E-state index in [1.807, 2.05) is 12.1 Å². The molecule has 1 N–H and O–H groups in total. The summed E-state index contributed by atoms with van der Waals surface area (Å²) < 4.78 is 11.8. The molecule has 7 heteroatoms. The highest BCUT2D eigenvalue weighted by molar-refractivity contribution is 6.38. The van der Waals surface area contributed by atoms with Crippen molar-refractivity contribution in [2.45, 2.75) is 13.0 Å². The second kappa shape index (κ2) is 8.84. The fourth-order valence-corrected chi connectivity index (χ4v) is 3.62. The number of amides is 1. The van der Waals surface area contributed by atoms with E-state index in [1.165, 1.54) is 12.1 Å². The molecule has 0 radical (unpaired) electrons. The molecule has 3 aromatic carbocycles.